The van der Waals surface area contributed by atoms with Crippen molar-refractivity contribution in [2.45, 2.75) is 20.0 Å². The zero-order chi connectivity index (χ0) is 22.6. The third-order valence-electron chi connectivity index (χ3n) is 4.67. The predicted molar refractivity (Wildman–Crippen MR) is 137 cm³/mol. The first-order valence-corrected chi connectivity index (χ1v) is 10.0. The number of guanidine groups is 1. The number of hydrogen-bond acceptors (Lipinski definition) is 6. The zero-order valence-corrected chi connectivity index (χ0v) is 21.9. The first-order valence-electron chi connectivity index (χ1n) is 10.0. The zero-order valence-electron chi connectivity index (χ0n) is 19.6. The van der Waals surface area contributed by atoms with Gasteiger partial charge in [0, 0.05) is 44.4 Å². The number of aliphatic imine (C=N–C) groups is 1. The van der Waals surface area contributed by atoms with E-state index in [2.05, 4.69) is 27.8 Å². The van der Waals surface area contributed by atoms with E-state index in [4.69, 9.17) is 23.7 Å². The van der Waals surface area contributed by atoms with E-state index in [9.17, 15) is 0 Å². The fourth-order valence-corrected chi connectivity index (χ4v) is 2.99. The molecule has 32 heavy (non-hydrogen) atoms. The van der Waals surface area contributed by atoms with Crippen molar-refractivity contribution in [1.29, 1.82) is 0 Å². The van der Waals surface area contributed by atoms with Crippen molar-refractivity contribution in [3.05, 3.63) is 47.0 Å². The Morgan fingerprint density at radius 3 is 2.00 bits per heavy atom. The maximum absolute atomic E-state index is 5.86. The molecule has 0 aromatic heterocycles. The Kier molecular flexibility index (Phi) is 12.6. The summed E-state index contributed by atoms with van der Waals surface area (Å²) >= 11 is 0. The van der Waals surface area contributed by atoms with Gasteiger partial charge in [0.05, 0.1) is 27.9 Å². The van der Waals surface area contributed by atoms with Crippen LogP contribution >= 0.6 is 24.0 Å². The quantitative estimate of drug-likeness (QED) is 0.189. The van der Waals surface area contributed by atoms with Gasteiger partial charge in [0.1, 0.15) is 18.1 Å². The number of aryl methyl sites for hydroxylation is 1. The molecule has 2 rings (SSSR count). The number of rotatable bonds is 11. The van der Waals surface area contributed by atoms with Gasteiger partial charge in [-0.2, -0.15) is 0 Å². The van der Waals surface area contributed by atoms with Crippen molar-refractivity contribution < 1.29 is 23.7 Å². The second kappa shape index (κ2) is 14.6. The highest BCUT2D eigenvalue weighted by Gasteiger charge is 2.12. The average Bonchev–Trinajstić information content (AvgIpc) is 2.79. The van der Waals surface area contributed by atoms with Crippen LogP contribution in [0.15, 0.2) is 35.3 Å². The molecule has 2 aromatic rings. The number of methoxy groups -OCH3 is 4. The summed E-state index contributed by atoms with van der Waals surface area (Å²) in [5.41, 5.74) is 3.09. The highest BCUT2D eigenvalue weighted by Crippen LogP contribution is 2.34. The monoisotopic (exact) mass is 559 g/mol. The van der Waals surface area contributed by atoms with Gasteiger partial charge in [-0.3, -0.25) is 4.99 Å². The summed E-state index contributed by atoms with van der Waals surface area (Å²) in [6, 6.07) is 9.83. The summed E-state index contributed by atoms with van der Waals surface area (Å²) in [7, 11) is 8.22. The molecule has 0 saturated carbocycles. The highest BCUT2D eigenvalue weighted by atomic mass is 127. The minimum absolute atomic E-state index is 0. The molecule has 0 bridgehead atoms. The van der Waals surface area contributed by atoms with Crippen LogP contribution in [0.3, 0.4) is 0 Å². The Labute approximate surface area is 207 Å². The van der Waals surface area contributed by atoms with Gasteiger partial charge in [-0.05, 0) is 24.6 Å². The highest BCUT2D eigenvalue weighted by molar-refractivity contribution is 14.0. The number of benzene rings is 2. The van der Waals surface area contributed by atoms with Crippen molar-refractivity contribution in [2.75, 3.05) is 48.7 Å². The van der Waals surface area contributed by atoms with Gasteiger partial charge < -0.3 is 34.3 Å². The standard InChI is InChI=1S/C23H33N3O5.HI/c1-16-7-8-17(20(11-16)31-10-9-27-3)14-25-23(24-2)26-15-18-12-21(29-5)22(30-6)13-19(18)28-4;/h7-8,11-13H,9-10,14-15H2,1-6H3,(H2,24,25,26);1H. The van der Waals surface area contributed by atoms with Crippen LogP contribution in [0.4, 0.5) is 0 Å². The first kappa shape index (κ1) is 27.6. The molecule has 178 valence electrons. The fourth-order valence-electron chi connectivity index (χ4n) is 2.99. The minimum Gasteiger partial charge on any atom is -0.496 e. The summed E-state index contributed by atoms with van der Waals surface area (Å²) in [6.07, 6.45) is 0. The van der Waals surface area contributed by atoms with Crippen LogP contribution in [0.2, 0.25) is 0 Å². The fraction of sp³-hybridized carbons (Fsp3) is 0.435. The number of hydrogen-bond donors (Lipinski definition) is 2. The first-order chi connectivity index (χ1) is 15.1. The largest absolute Gasteiger partial charge is 0.496 e. The Bertz CT molecular complexity index is 877. The molecule has 0 amide bonds. The predicted octanol–water partition coefficient (Wildman–Crippen LogP) is 3.53. The van der Waals surface area contributed by atoms with Crippen LogP contribution in [-0.2, 0) is 17.8 Å². The molecule has 2 aromatic carbocycles. The van der Waals surface area contributed by atoms with Gasteiger partial charge in [-0.1, -0.05) is 12.1 Å². The van der Waals surface area contributed by atoms with E-state index in [1.807, 2.05) is 25.1 Å². The summed E-state index contributed by atoms with van der Waals surface area (Å²) in [4.78, 5) is 4.31. The van der Waals surface area contributed by atoms with Crippen LogP contribution in [0.1, 0.15) is 16.7 Å². The molecule has 0 fully saturated rings. The molecule has 2 N–H and O–H groups in total. The van der Waals surface area contributed by atoms with Crippen LogP contribution < -0.4 is 29.6 Å². The second-order valence-electron chi connectivity index (χ2n) is 6.75. The molecule has 0 aliphatic heterocycles. The minimum atomic E-state index is 0. The van der Waals surface area contributed by atoms with E-state index < -0.39 is 0 Å². The van der Waals surface area contributed by atoms with Crippen molar-refractivity contribution in [1.82, 2.24) is 10.6 Å². The van der Waals surface area contributed by atoms with Crippen molar-refractivity contribution in [3.8, 4) is 23.0 Å². The molecule has 0 spiro atoms. The molecular weight excluding hydrogens is 525 g/mol. The normalized spacial score (nSPS) is 10.8. The molecule has 0 heterocycles. The van der Waals surface area contributed by atoms with Crippen molar-refractivity contribution in [2.24, 2.45) is 4.99 Å². The Hall–Kier alpha value is -2.40. The molecule has 0 unspecified atom stereocenters. The smallest absolute Gasteiger partial charge is 0.191 e. The molecular formula is C23H34IN3O5. The Morgan fingerprint density at radius 2 is 1.41 bits per heavy atom. The third-order valence-corrected chi connectivity index (χ3v) is 4.67. The lowest BCUT2D eigenvalue weighted by molar-refractivity contribution is 0.145. The van der Waals surface area contributed by atoms with E-state index in [0.29, 0.717) is 49.5 Å². The van der Waals surface area contributed by atoms with E-state index in [-0.39, 0.29) is 24.0 Å². The van der Waals surface area contributed by atoms with E-state index in [1.54, 1.807) is 35.5 Å². The maximum Gasteiger partial charge on any atom is 0.191 e. The lowest BCUT2D eigenvalue weighted by Gasteiger charge is -2.17. The van der Waals surface area contributed by atoms with Gasteiger partial charge in [-0.15, -0.1) is 24.0 Å². The molecule has 0 radical (unpaired) electrons. The average molecular weight is 559 g/mol. The van der Waals surface area contributed by atoms with Gasteiger partial charge >= 0.3 is 0 Å². The topological polar surface area (TPSA) is 82.6 Å². The van der Waals surface area contributed by atoms with Crippen molar-refractivity contribution >= 4 is 29.9 Å². The van der Waals surface area contributed by atoms with Gasteiger partial charge in [0.15, 0.2) is 17.5 Å². The van der Waals surface area contributed by atoms with Crippen LogP contribution in [0.5, 0.6) is 23.0 Å². The number of nitrogens with zero attached hydrogens (tertiary/aromatic N) is 1. The van der Waals surface area contributed by atoms with E-state index >= 15 is 0 Å². The van der Waals surface area contributed by atoms with Gasteiger partial charge in [0.2, 0.25) is 0 Å². The van der Waals surface area contributed by atoms with Crippen LogP contribution in [0.25, 0.3) is 0 Å². The Balaban J connectivity index is 0.00000512. The molecule has 0 saturated heterocycles. The SMILES string of the molecule is CN=C(NCc1cc(OC)c(OC)cc1OC)NCc1ccc(C)cc1OCCOC.I. The van der Waals surface area contributed by atoms with Crippen LogP contribution in [0, 0.1) is 6.92 Å². The number of nitrogens with one attached hydrogen (secondary N) is 2. The molecule has 0 atom stereocenters. The molecule has 0 aliphatic rings. The number of halogens is 1. The second-order valence-corrected chi connectivity index (χ2v) is 6.75. The van der Waals surface area contributed by atoms with Crippen molar-refractivity contribution in [3.63, 3.8) is 0 Å². The molecule has 0 aliphatic carbocycles. The summed E-state index contributed by atoms with van der Waals surface area (Å²) in [6.45, 7) is 4.13. The lowest BCUT2D eigenvalue weighted by Crippen LogP contribution is -2.36. The van der Waals surface area contributed by atoms with Crippen LogP contribution in [-0.4, -0.2) is 54.7 Å². The molecule has 8 nitrogen and oxygen atoms in total. The van der Waals surface area contributed by atoms with E-state index in [0.717, 1.165) is 22.4 Å². The van der Waals surface area contributed by atoms with Gasteiger partial charge in [0.25, 0.3) is 0 Å². The number of ether oxygens (including phenoxy) is 5. The lowest BCUT2D eigenvalue weighted by atomic mass is 10.1. The third kappa shape index (κ3) is 7.94. The maximum atomic E-state index is 5.86. The molecule has 9 heteroatoms. The Morgan fingerprint density at radius 1 is 0.781 bits per heavy atom. The van der Waals surface area contributed by atoms with Gasteiger partial charge in [-0.25, -0.2) is 0 Å². The summed E-state index contributed by atoms with van der Waals surface area (Å²) in [5, 5.41) is 6.63. The summed E-state index contributed by atoms with van der Waals surface area (Å²) in [5.74, 6) is 3.45. The van der Waals surface area contributed by atoms with E-state index in [1.165, 1.54) is 0 Å². The summed E-state index contributed by atoms with van der Waals surface area (Å²) < 4.78 is 27.2.